The van der Waals surface area contributed by atoms with E-state index in [0.29, 0.717) is 5.41 Å². The summed E-state index contributed by atoms with van der Waals surface area (Å²) in [6.07, 6.45) is 6.25. The molecule has 0 aliphatic carbocycles. The van der Waals surface area contributed by atoms with Gasteiger partial charge in [0.1, 0.15) is 0 Å². The van der Waals surface area contributed by atoms with E-state index >= 15 is 0 Å². The van der Waals surface area contributed by atoms with Crippen molar-refractivity contribution in [2.45, 2.75) is 121 Å². The van der Waals surface area contributed by atoms with Gasteiger partial charge in [-0.25, -0.2) is 0 Å². The van der Waals surface area contributed by atoms with Crippen LogP contribution in [0.1, 0.15) is 87.5 Å². The van der Waals surface area contributed by atoms with Crippen LogP contribution in [0.3, 0.4) is 0 Å². The molecule has 0 saturated carbocycles. The fourth-order valence-corrected chi connectivity index (χ4v) is 16.2. The zero-order valence-electron chi connectivity index (χ0n) is 19.5. The molecule has 0 aliphatic rings. The molecule has 4 heteroatoms. The third kappa shape index (κ3) is 9.75. The maximum atomic E-state index is 6.75. The summed E-state index contributed by atoms with van der Waals surface area (Å²) in [7, 11) is -1.43. The van der Waals surface area contributed by atoms with Crippen LogP contribution in [-0.2, 0) is 8.19 Å². The molecule has 158 valence electrons. The van der Waals surface area contributed by atoms with Gasteiger partial charge < -0.3 is 0 Å². The zero-order chi connectivity index (χ0) is 20.1. The van der Waals surface area contributed by atoms with Crippen molar-refractivity contribution in [2.24, 2.45) is 5.41 Å². The van der Waals surface area contributed by atoms with Gasteiger partial charge in [0, 0.05) is 0 Å². The molecule has 0 saturated heterocycles. The summed E-state index contributed by atoms with van der Waals surface area (Å²) in [5.74, 6) is 0. The van der Waals surface area contributed by atoms with E-state index in [9.17, 15) is 0 Å². The molecule has 0 amide bonds. The van der Waals surface area contributed by atoms with E-state index in [0.717, 1.165) is 13.2 Å². The number of rotatable bonds is 17. The fraction of sp³-hybridized carbons (Fsp3) is 1.00. The first-order chi connectivity index (χ1) is 12.3. The summed E-state index contributed by atoms with van der Waals surface area (Å²) in [4.78, 5) is 0. The molecule has 0 fully saturated rings. The van der Waals surface area contributed by atoms with Crippen LogP contribution < -0.4 is 0 Å². The standard InChI is InChI=1S/C22H50GeO2Si/c1-9-17-23(18-10-2,19-11-3)24-20-15-22(7,8)16-21-25-26(12-4,13-5)14-6/h9-21H2,1-8H3. The van der Waals surface area contributed by atoms with Gasteiger partial charge in [-0.05, 0) is 0 Å². The molecule has 0 spiro atoms. The van der Waals surface area contributed by atoms with Crippen molar-refractivity contribution in [3.63, 3.8) is 0 Å². The molecule has 0 N–H and O–H groups in total. The van der Waals surface area contributed by atoms with E-state index in [1.54, 1.807) is 0 Å². The van der Waals surface area contributed by atoms with Crippen molar-refractivity contribution in [2.75, 3.05) is 13.2 Å². The summed E-state index contributed by atoms with van der Waals surface area (Å²) in [5, 5.41) is 4.18. The van der Waals surface area contributed by atoms with Crippen molar-refractivity contribution in [3.8, 4) is 0 Å². The summed E-state index contributed by atoms with van der Waals surface area (Å²) < 4.78 is 13.2. The normalized spacial score (nSPS) is 13.4. The van der Waals surface area contributed by atoms with Crippen molar-refractivity contribution in [3.05, 3.63) is 0 Å². The van der Waals surface area contributed by atoms with Crippen LogP contribution in [0, 0.1) is 5.41 Å². The summed E-state index contributed by atoms with van der Waals surface area (Å²) in [6, 6.07) is 3.76. The second-order valence-electron chi connectivity index (χ2n) is 9.04. The molecule has 0 bridgehead atoms. The molecule has 0 aromatic heterocycles. The average Bonchev–Trinajstić information content (AvgIpc) is 2.59. The van der Waals surface area contributed by atoms with Crippen molar-refractivity contribution < 1.29 is 8.19 Å². The topological polar surface area (TPSA) is 18.5 Å². The SMILES string of the molecule is CC[CH2][Ge]([CH2]CC)([CH2]CC)[O]CCC(C)(C)CCO[Si](CC)(CC)CC. The van der Waals surface area contributed by atoms with Gasteiger partial charge in [0.2, 0.25) is 0 Å². The van der Waals surface area contributed by atoms with Crippen LogP contribution in [0.5, 0.6) is 0 Å². The van der Waals surface area contributed by atoms with Crippen LogP contribution in [0.4, 0.5) is 0 Å². The third-order valence-electron chi connectivity index (χ3n) is 6.42. The van der Waals surface area contributed by atoms with Gasteiger partial charge in [-0.1, -0.05) is 0 Å². The molecular weight excluding hydrogens is 397 g/mol. The maximum absolute atomic E-state index is 6.75. The molecule has 2 nitrogen and oxygen atoms in total. The Morgan fingerprint density at radius 2 is 1.12 bits per heavy atom. The van der Waals surface area contributed by atoms with Crippen LogP contribution in [-0.4, -0.2) is 35.1 Å². The minimum atomic E-state index is -2.07. The first kappa shape index (κ1) is 26.7. The number of hydrogen-bond donors (Lipinski definition) is 0. The number of hydrogen-bond acceptors (Lipinski definition) is 2. The second-order valence-corrected chi connectivity index (χ2v) is 22.5. The molecule has 0 heterocycles. The molecule has 0 radical (unpaired) electrons. The van der Waals surface area contributed by atoms with Gasteiger partial charge in [-0.2, -0.15) is 0 Å². The Kier molecular flexibility index (Phi) is 14.1. The van der Waals surface area contributed by atoms with E-state index in [4.69, 9.17) is 8.19 Å². The molecule has 26 heavy (non-hydrogen) atoms. The van der Waals surface area contributed by atoms with E-state index < -0.39 is 21.9 Å². The Morgan fingerprint density at radius 3 is 1.50 bits per heavy atom. The zero-order valence-corrected chi connectivity index (χ0v) is 22.6. The Morgan fingerprint density at radius 1 is 0.692 bits per heavy atom. The van der Waals surface area contributed by atoms with Crippen LogP contribution in [0.25, 0.3) is 0 Å². The minimum absolute atomic E-state index is 0.327. The summed E-state index contributed by atoms with van der Waals surface area (Å²) in [6.45, 7) is 20.7. The van der Waals surface area contributed by atoms with Gasteiger partial charge in [-0.3, -0.25) is 0 Å². The van der Waals surface area contributed by atoms with Gasteiger partial charge >= 0.3 is 170 Å². The van der Waals surface area contributed by atoms with Crippen molar-refractivity contribution in [1.29, 1.82) is 0 Å². The molecule has 0 aromatic rings. The Balaban J connectivity index is 4.51. The third-order valence-corrected chi connectivity index (χ3v) is 21.7. The molecular formula is C22H50GeO2Si. The monoisotopic (exact) mass is 448 g/mol. The second kappa shape index (κ2) is 13.8. The van der Waals surface area contributed by atoms with Gasteiger partial charge in [0.25, 0.3) is 0 Å². The van der Waals surface area contributed by atoms with Gasteiger partial charge in [0.05, 0.1) is 0 Å². The van der Waals surface area contributed by atoms with Crippen LogP contribution >= 0.6 is 0 Å². The average molecular weight is 447 g/mol. The van der Waals surface area contributed by atoms with E-state index in [1.165, 1.54) is 66.0 Å². The predicted molar refractivity (Wildman–Crippen MR) is 123 cm³/mol. The van der Waals surface area contributed by atoms with Crippen LogP contribution in [0.15, 0.2) is 0 Å². The molecule has 0 aromatic carbocycles. The van der Waals surface area contributed by atoms with Crippen LogP contribution in [0.2, 0.25) is 33.9 Å². The van der Waals surface area contributed by atoms with Gasteiger partial charge in [0.15, 0.2) is 0 Å². The predicted octanol–water partition coefficient (Wildman–Crippen LogP) is 8.01. The molecule has 0 rings (SSSR count). The fourth-order valence-electron chi connectivity index (χ4n) is 4.23. The Labute approximate surface area is 170 Å². The van der Waals surface area contributed by atoms with Gasteiger partial charge in [-0.15, -0.1) is 0 Å². The van der Waals surface area contributed by atoms with E-state index in [-0.39, 0.29) is 0 Å². The van der Waals surface area contributed by atoms with Crippen molar-refractivity contribution in [1.82, 2.24) is 0 Å². The Hall–Kier alpha value is 0.680. The van der Waals surface area contributed by atoms with E-state index in [1.807, 2.05) is 0 Å². The Bertz CT molecular complexity index is 318. The first-order valence-electron chi connectivity index (χ1n) is 11.6. The molecule has 0 aliphatic heterocycles. The summed E-state index contributed by atoms with van der Waals surface area (Å²) >= 11 is -2.07. The molecule has 0 atom stereocenters. The quantitative estimate of drug-likeness (QED) is 0.210. The first-order valence-corrected chi connectivity index (χ1v) is 19.4. The van der Waals surface area contributed by atoms with E-state index in [2.05, 4.69) is 55.4 Å². The van der Waals surface area contributed by atoms with Crippen molar-refractivity contribution >= 4 is 21.9 Å². The summed E-state index contributed by atoms with van der Waals surface area (Å²) in [5.41, 5.74) is 0.327. The molecule has 0 unspecified atom stereocenters.